The third-order valence-electron chi connectivity index (χ3n) is 3.58. The molecule has 5 heteroatoms. The maximum absolute atomic E-state index is 11.1. The first kappa shape index (κ1) is 14.3. The van der Waals surface area contributed by atoms with Crippen molar-refractivity contribution < 1.29 is 10.0 Å². The molecule has 0 spiro atoms. The van der Waals surface area contributed by atoms with Crippen molar-refractivity contribution in [3.8, 4) is 0 Å². The molecule has 1 aromatic rings. The van der Waals surface area contributed by atoms with Crippen LogP contribution in [0.3, 0.4) is 0 Å². The van der Waals surface area contributed by atoms with Gasteiger partial charge < -0.3 is 5.11 Å². The normalized spacial score (nSPS) is 23.3. The van der Waals surface area contributed by atoms with E-state index in [0.29, 0.717) is 16.7 Å². The van der Waals surface area contributed by atoms with Gasteiger partial charge in [0.2, 0.25) is 0 Å². The summed E-state index contributed by atoms with van der Waals surface area (Å²) in [5.74, 6) is 0.710. The van der Waals surface area contributed by atoms with Gasteiger partial charge in [-0.25, -0.2) is 0 Å². The number of aliphatic hydroxyl groups is 1. The summed E-state index contributed by atoms with van der Waals surface area (Å²) in [4.78, 5) is 11.5. The van der Waals surface area contributed by atoms with Crippen LogP contribution in [0.15, 0.2) is 23.1 Å². The second-order valence-corrected chi connectivity index (χ2v) is 6.57. The number of nitrogens with zero attached hydrogens (tertiary/aromatic N) is 1. The number of benzene rings is 1. The molecule has 0 aliphatic heterocycles. The van der Waals surface area contributed by atoms with Crippen LogP contribution in [-0.4, -0.2) is 15.3 Å². The highest BCUT2D eigenvalue weighted by atomic mass is 32.2. The maximum Gasteiger partial charge on any atom is 0.283 e. The molecule has 0 bridgehead atoms. The van der Waals surface area contributed by atoms with Crippen LogP contribution in [0.4, 0.5) is 5.69 Å². The van der Waals surface area contributed by atoms with Crippen molar-refractivity contribution >= 4 is 17.4 Å². The zero-order valence-corrected chi connectivity index (χ0v) is 11.9. The summed E-state index contributed by atoms with van der Waals surface area (Å²) in [5, 5.41) is 20.6. The van der Waals surface area contributed by atoms with Gasteiger partial charge >= 0.3 is 0 Å². The van der Waals surface area contributed by atoms with Gasteiger partial charge in [0.25, 0.3) is 5.69 Å². The summed E-state index contributed by atoms with van der Waals surface area (Å²) in [6.45, 7) is 2.09. The van der Waals surface area contributed by atoms with E-state index in [1.807, 2.05) is 0 Å². The predicted octanol–water partition coefficient (Wildman–Crippen LogP) is 3.76. The Morgan fingerprint density at radius 3 is 2.89 bits per heavy atom. The maximum atomic E-state index is 11.1. The average Bonchev–Trinajstić information content (AvgIpc) is 2.39. The Morgan fingerprint density at radius 1 is 1.47 bits per heavy atom. The van der Waals surface area contributed by atoms with Crippen LogP contribution in [0, 0.1) is 16.0 Å². The van der Waals surface area contributed by atoms with E-state index in [-0.39, 0.29) is 17.2 Å². The third kappa shape index (κ3) is 3.70. The molecule has 2 unspecified atom stereocenters. The van der Waals surface area contributed by atoms with Gasteiger partial charge in [-0.15, -0.1) is 11.8 Å². The lowest BCUT2D eigenvalue weighted by atomic mass is 9.91. The fraction of sp³-hybridized carbons (Fsp3) is 0.571. The van der Waals surface area contributed by atoms with Gasteiger partial charge in [0.15, 0.2) is 0 Å². The Hall–Kier alpha value is -1.07. The van der Waals surface area contributed by atoms with E-state index in [1.54, 1.807) is 23.9 Å². The van der Waals surface area contributed by atoms with E-state index in [1.165, 1.54) is 18.9 Å². The molecular formula is C14H19NO3S. The molecule has 1 fully saturated rings. The molecule has 104 valence electrons. The minimum atomic E-state index is -0.353. The van der Waals surface area contributed by atoms with Crippen LogP contribution < -0.4 is 0 Å². The number of rotatable bonds is 4. The Kier molecular flexibility index (Phi) is 4.82. The lowest BCUT2D eigenvalue weighted by Gasteiger charge is -2.26. The highest BCUT2D eigenvalue weighted by Crippen LogP contribution is 2.39. The molecule has 19 heavy (non-hydrogen) atoms. The molecule has 0 radical (unpaired) electrons. The van der Waals surface area contributed by atoms with Crippen LogP contribution in [0.5, 0.6) is 0 Å². The van der Waals surface area contributed by atoms with Crippen molar-refractivity contribution in [3.63, 3.8) is 0 Å². The van der Waals surface area contributed by atoms with E-state index in [4.69, 9.17) is 5.11 Å². The first-order chi connectivity index (χ1) is 9.10. The van der Waals surface area contributed by atoms with Crippen molar-refractivity contribution in [2.75, 3.05) is 0 Å². The molecule has 1 aromatic carbocycles. The topological polar surface area (TPSA) is 63.4 Å². The fourth-order valence-corrected chi connectivity index (χ4v) is 4.04. The molecule has 0 heterocycles. The summed E-state index contributed by atoms with van der Waals surface area (Å²) in [7, 11) is 0. The van der Waals surface area contributed by atoms with Crippen LogP contribution >= 0.6 is 11.8 Å². The molecular weight excluding hydrogens is 262 g/mol. The first-order valence-corrected chi connectivity index (χ1v) is 7.53. The van der Waals surface area contributed by atoms with Crippen LogP contribution in [0.2, 0.25) is 0 Å². The van der Waals surface area contributed by atoms with Gasteiger partial charge in [0.05, 0.1) is 16.4 Å². The van der Waals surface area contributed by atoms with Gasteiger partial charge in [-0.2, -0.15) is 0 Å². The molecule has 0 saturated heterocycles. The zero-order valence-electron chi connectivity index (χ0n) is 11.0. The van der Waals surface area contributed by atoms with E-state index in [0.717, 1.165) is 17.7 Å². The van der Waals surface area contributed by atoms with Crippen molar-refractivity contribution in [3.05, 3.63) is 33.9 Å². The SMILES string of the molecule is CC1CCCC(Sc2ccc(CO)cc2[N+](=O)[O-])C1. The minimum Gasteiger partial charge on any atom is -0.392 e. The minimum absolute atomic E-state index is 0.120. The summed E-state index contributed by atoms with van der Waals surface area (Å²) in [5.41, 5.74) is 0.711. The second kappa shape index (κ2) is 6.39. The van der Waals surface area contributed by atoms with Crippen molar-refractivity contribution in [1.82, 2.24) is 0 Å². The van der Waals surface area contributed by atoms with Crippen LogP contribution in [0.25, 0.3) is 0 Å². The Morgan fingerprint density at radius 2 is 2.26 bits per heavy atom. The standard InChI is InChI=1S/C14H19NO3S/c1-10-3-2-4-12(7-10)19-14-6-5-11(9-16)8-13(14)15(17)18/h5-6,8,10,12,16H,2-4,7,9H2,1H3. The largest absolute Gasteiger partial charge is 0.392 e. The number of hydrogen-bond acceptors (Lipinski definition) is 4. The van der Waals surface area contributed by atoms with Gasteiger partial charge in [-0.1, -0.05) is 25.8 Å². The van der Waals surface area contributed by atoms with Crippen molar-refractivity contribution in [1.29, 1.82) is 0 Å². The number of nitro benzene ring substituents is 1. The monoisotopic (exact) mass is 281 g/mol. The van der Waals surface area contributed by atoms with Gasteiger partial charge in [0, 0.05) is 11.3 Å². The molecule has 1 N–H and O–H groups in total. The number of nitro groups is 1. The Labute approximate surface area is 117 Å². The highest BCUT2D eigenvalue weighted by Gasteiger charge is 2.23. The molecule has 1 aliphatic rings. The lowest BCUT2D eigenvalue weighted by molar-refractivity contribution is -0.387. The van der Waals surface area contributed by atoms with E-state index >= 15 is 0 Å². The van der Waals surface area contributed by atoms with Crippen molar-refractivity contribution in [2.45, 2.75) is 49.4 Å². The molecule has 2 atom stereocenters. The van der Waals surface area contributed by atoms with Crippen LogP contribution in [0.1, 0.15) is 38.2 Å². The summed E-state index contributed by atoms with van der Waals surface area (Å²) < 4.78 is 0. The Bertz CT molecular complexity index is 464. The quantitative estimate of drug-likeness (QED) is 0.674. The van der Waals surface area contributed by atoms with Crippen LogP contribution in [-0.2, 0) is 6.61 Å². The predicted molar refractivity (Wildman–Crippen MR) is 76.3 cm³/mol. The zero-order chi connectivity index (χ0) is 13.8. The number of hydrogen-bond donors (Lipinski definition) is 1. The van der Waals surface area contributed by atoms with Crippen molar-refractivity contribution in [2.24, 2.45) is 5.92 Å². The summed E-state index contributed by atoms with van der Waals surface area (Å²) in [6.07, 6.45) is 4.74. The molecule has 0 aromatic heterocycles. The number of aliphatic hydroxyl groups excluding tert-OH is 1. The van der Waals surface area contributed by atoms with Gasteiger partial charge in [0.1, 0.15) is 0 Å². The Balaban J connectivity index is 2.16. The summed E-state index contributed by atoms with van der Waals surface area (Å²) in [6, 6.07) is 5.02. The second-order valence-electron chi connectivity index (χ2n) is 5.23. The van der Waals surface area contributed by atoms with Gasteiger partial charge in [-0.3, -0.25) is 10.1 Å². The molecule has 0 amide bonds. The van der Waals surface area contributed by atoms with E-state index in [9.17, 15) is 10.1 Å². The fourth-order valence-electron chi connectivity index (χ4n) is 2.57. The first-order valence-electron chi connectivity index (χ1n) is 6.65. The smallest absolute Gasteiger partial charge is 0.283 e. The lowest BCUT2D eigenvalue weighted by Crippen LogP contribution is -2.15. The molecule has 2 rings (SSSR count). The average molecular weight is 281 g/mol. The van der Waals surface area contributed by atoms with E-state index < -0.39 is 0 Å². The molecule has 1 aliphatic carbocycles. The van der Waals surface area contributed by atoms with Gasteiger partial charge in [-0.05, 0) is 30.4 Å². The highest BCUT2D eigenvalue weighted by molar-refractivity contribution is 8.00. The summed E-state index contributed by atoms with van der Waals surface area (Å²) >= 11 is 1.62. The molecule has 1 saturated carbocycles. The number of thioether (sulfide) groups is 1. The van der Waals surface area contributed by atoms with E-state index in [2.05, 4.69) is 6.92 Å². The molecule has 4 nitrogen and oxygen atoms in total. The third-order valence-corrected chi connectivity index (χ3v) is 4.95.